The number of fused-ring (bicyclic) bond motifs is 1. The van der Waals surface area contributed by atoms with E-state index in [0.717, 1.165) is 96.5 Å². The molecular formula is C40H51FN6O6S. The molecule has 0 bridgehead atoms. The number of methoxy groups -OCH3 is 1. The van der Waals surface area contributed by atoms with Crippen LogP contribution in [0.25, 0.3) is 20.8 Å². The fourth-order valence-corrected chi connectivity index (χ4v) is 7.49. The average Bonchev–Trinajstić information content (AvgIpc) is 3.84. The van der Waals surface area contributed by atoms with Gasteiger partial charge in [-0.2, -0.15) is 0 Å². The van der Waals surface area contributed by atoms with Crippen LogP contribution in [0, 0.1) is 11.7 Å². The van der Waals surface area contributed by atoms with E-state index in [-0.39, 0.29) is 36.3 Å². The molecule has 1 unspecified atom stereocenters. The minimum Gasteiger partial charge on any atom is -0.486 e. The molecule has 4 heterocycles. The van der Waals surface area contributed by atoms with Crippen LogP contribution >= 0.6 is 11.3 Å². The number of carbonyl (C=O) groups excluding carboxylic acids is 2. The maximum atomic E-state index is 14.9. The van der Waals surface area contributed by atoms with Crippen molar-refractivity contribution in [3.63, 3.8) is 0 Å². The summed E-state index contributed by atoms with van der Waals surface area (Å²) in [7, 11) is 1.64. The van der Waals surface area contributed by atoms with Crippen LogP contribution in [0.3, 0.4) is 0 Å². The molecule has 0 radical (unpaired) electrons. The van der Waals surface area contributed by atoms with Crippen LogP contribution in [-0.2, 0) is 32.2 Å². The molecule has 2 fully saturated rings. The molecule has 1 aromatic carbocycles. The van der Waals surface area contributed by atoms with Crippen molar-refractivity contribution in [2.24, 2.45) is 5.92 Å². The average molecular weight is 763 g/mol. The third kappa shape index (κ3) is 12.2. The van der Waals surface area contributed by atoms with Crippen molar-refractivity contribution in [3.8, 4) is 16.3 Å². The van der Waals surface area contributed by atoms with E-state index in [2.05, 4.69) is 38.0 Å². The van der Waals surface area contributed by atoms with Crippen molar-refractivity contribution in [1.29, 1.82) is 0 Å². The Morgan fingerprint density at radius 3 is 2.54 bits per heavy atom. The number of pyridine rings is 2. The van der Waals surface area contributed by atoms with Gasteiger partial charge in [-0.1, -0.05) is 12.5 Å². The highest BCUT2D eigenvalue weighted by molar-refractivity contribution is 7.22. The molecule has 1 saturated carbocycles. The number of nitrogens with one attached hydrogen (secondary N) is 3. The second-order valence-electron chi connectivity index (χ2n) is 13.8. The van der Waals surface area contributed by atoms with Crippen molar-refractivity contribution in [2.45, 2.75) is 64.1 Å². The molecule has 2 aliphatic rings. The zero-order valence-corrected chi connectivity index (χ0v) is 31.8. The van der Waals surface area contributed by atoms with Crippen molar-refractivity contribution in [3.05, 3.63) is 71.8 Å². The molecule has 1 atom stereocenters. The second kappa shape index (κ2) is 20.5. The number of halogens is 1. The largest absolute Gasteiger partial charge is 0.486 e. The van der Waals surface area contributed by atoms with Crippen molar-refractivity contribution in [1.82, 2.24) is 25.5 Å². The quantitative estimate of drug-likeness (QED) is 0.0967. The summed E-state index contributed by atoms with van der Waals surface area (Å²) in [6.07, 6.45) is 10.5. The second-order valence-corrected chi connectivity index (χ2v) is 14.8. The summed E-state index contributed by atoms with van der Waals surface area (Å²) in [5, 5.41) is 8.55. The summed E-state index contributed by atoms with van der Waals surface area (Å²) in [6, 6.07) is 12.4. The summed E-state index contributed by atoms with van der Waals surface area (Å²) in [5.74, 6) is -0.276. The Balaban J connectivity index is 0.954. The monoisotopic (exact) mass is 762 g/mol. The molecule has 1 saturated heterocycles. The molecule has 3 aromatic heterocycles. The number of ether oxygens (including phenoxy) is 4. The van der Waals surface area contributed by atoms with Gasteiger partial charge >= 0.3 is 6.03 Å². The SMILES string of the molecule is COCCOCCOCCNC(=O)C1CCCCN(Cc2ccc(-c3cc4nccc(COc5ccc(NC(=O)NC6CC6)cc5F)c4s3)nc2)CCC1. The molecule has 4 aromatic rings. The zero-order valence-electron chi connectivity index (χ0n) is 30.9. The summed E-state index contributed by atoms with van der Waals surface area (Å²) < 4.78 is 37.6. The normalized spacial score (nSPS) is 16.7. The van der Waals surface area contributed by atoms with Crippen molar-refractivity contribution < 1.29 is 32.9 Å². The lowest BCUT2D eigenvalue weighted by atomic mass is 9.96. The lowest BCUT2D eigenvalue weighted by Gasteiger charge is -2.21. The van der Waals surface area contributed by atoms with Crippen LogP contribution in [0.15, 0.2) is 54.9 Å². The van der Waals surface area contributed by atoms with E-state index < -0.39 is 5.82 Å². The zero-order chi connectivity index (χ0) is 37.5. The molecule has 0 spiro atoms. The number of anilines is 1. The highest BCUT2D eigenvalue weighted by Gasteiger charge is 2.23. The van der Waals surface area contributed by atoms with Gasteiger partial charge in [-0.15, -0.1) is 11.3 Å². The fraction of sp³-hybridized carbons (Fsp3) is 0.500. The number of carbonyl (C=O) groups is 2. The van der Waals surface area contributed by atoms with Gasteiger partial charge in [-0.25, -0.2) is 9.18 Å². The van der Waals surface area contributed by atoms with E-state index in [1.54, 1.807) is 30.7 Å². The number of benzene rings is 1. The van der Waals surface area contributed by atoms with Crippen LogP contribution in [0.1, 0.15) is 56.1 Å². The molecular weight excluding hydrogens is 712 g/mol. The van der Waals surface area contributed by atoms with Crippen LogP contribution in [-0.4, -0.2) is 92.6 Å². The van der Waals surface area contributed by atoms with E-state index in [4.69, 9.17) is 23.9 Å². The molecule has 6 rings (SSSR count). The number of rotatable bonds is 18. The van der Waals surface area contributed by atoms with E-state index in [1.807, 2.05) is 18.3 Å². The Hall–Kier alpha value is -4.21. The molecule has 12 nitrogen and oxygen atoms in total. The summed E-state index contributed by atoms with van der Waals surface area (Å²) in [5.41, 5.74) is 4.12. The van der Waals surface area contributed by atoms with Gasteiger partial charge in [0.05, 0.1) is 53.8 Å². The van der Waals surface area contributed by atoms with Gasteiger partial charge in [0.25, 0.3) is 0 Å². The van der Waals surface area contributed by atoms with Gasteiger partial charge < -0.3 is 34.9 Å². The van der Waals surface area contributed by atoms with Gasteiger partial charge in [0.15, 0.2) is 11.6 Å². The van der Waals surface area contributed by atoms with E-state index in [1.165, 1.54) is 12.1 Å². The molecule has 290 valence electrons. The Labute approximate surface area is 320 Å². The number of nitrogens with zero attached hydrogens (tertiary/aromatic N) is 3. The van der Waals surface area contributed by atoms with Crippen molar-refractivity contribution >= 4 is 39.2 Å². The number of aromatic nitrogens is 2. The van der Waals surface area contributed by atoms with E-state index in [0.29, 0.717) is 45.3 Å². The number of hydrogen-bond acceptors (Lipinski definition) is 10. The Morgan fingerprint density at radius 1 is 0.926 bits per heavy atom. The van der Waals surface area contributed by atoms with Gasteiger partial charge in [0.2, 0.25) is 5.91 Å². The first kappa shape index (κ1) is 39.5. The van der Waals surface area contributed by atoms with Crippen LogP contribution < -0.4 is 20.7 Å². The molecule has 1 aliphatic heterocycles. The summed E-state index contributed by atoms with van der Waals surface area (Å²) in [4.78, 5) is 37.7. The molecule has 1 aliphatic carbocycles. The van der Waals surface area contributed by atoms with Gasteiger partial charge in [0, 0.05) is 61.9 Å². The fourth-order valence-electron chi connectivity index (χ4n) is 6.40. The molecule has 3 amide bonds. The first-order chi connectivity index (χ1) is 26.4. The number of hydrogen-bond donors (Lipinski definition) is 3. The molecule has 54 heavy (non-hydrogen) atoms. The lowest BCUT2D eigenvalue weighted by Crippen LogP contribution is -2.33. The Kier molecular flexibility index (Phi) is 15.0. The van der Waals surface area contributed by atoms with Gasteiger partial charge in [0.1, 0.15) is 6.61 Å². The highest BCUT2D eigenvalue weighted by Crippen LogP contribution is 2.34. The first-order valence-electron chi connectivity index (χ1n) is 18.9. The minimum atomic E-state index is -0.548. The van der Waals surface area contributed by atoms with Crippen LogP contribution in [0.5, 0.6) is 5.75 Å². The maximum absolute atomic E-state index is 14.9. The first-order valence-corrected chi connectivity index (χ1v) is 19.7. The minimum absolute atomic E-state index is 0.0356. The smallest absolute Gasteiger partial charge is 0.319 e. The van der Waals surface area contributed by atoms with Crippen LogP contribution in [0.4, 0.5) is 14.9 Å². The van der Waals surface area contributed by atoms with E-state index >= 15 is 0 Å². The molecule has 3 N–H and O–H groups in total. The van der Waals surface area contributed by atoms with Gasteiger partial charge in [-0.05, 0) is 87.5 Å². The topological polar surface area (TPSA) is 136 Å². The predicted molar refractivity (Wildman–Crippen MR) is 207 cm³/mol. The standard InChI is InChI=1S/C40H51FN6O6S/c1-50-19-20-52-22-21-51-18-15-43-39(48)29-5-2-3-16-47(17-4-6-29)26-28-7-11-34(44-25-28)37-24-35-38(54-37)30(13-14-42-35)27-53-36-12-10-32(23-33(36)41)46-40(49)45-31-8-9-31/h7,10-14,23-25,29,31H,2-6,8-9,15-22,26-27H2,1H3,(H,43,48)(H2,45,46,49). The third-order valence-electron chi connectivity index (χ3n) is 9.49. The number of urea groups is 1. The third-order valence-corrected chi connectivity index (χ3v) is 10.7. The maximum Gasteiger partial charge on any atom is 0.319 e. The predicted octanol–water partition coefficient (Wildman–Crippen LogP) is 6.54. The number of thiophene rings is 1. The summed E-state index contributed by atoms with van der Waals surface area (Å²) >= 11 is 1.59. The van der Waals surface area contributed by atoms with Gasteiger partial charge in [-0.3, -0.25) is 19.7 Å². The van der Waals surface area contributed by atoms with E-state index in [9.17, 15) is 14.0 Å². The highest BCUT2D eigenvalue weighted by atomic mass is 32.1. The van der Waals surface area contributed by atoms with Crippen molar-refractivity contribution in [2.75, 3.05) is 65.1 Å². The van der Waals surface area contributed by atoms with Crippen LogP contribution in [0.2, 0.25) is 0 Å². The lowest BCUT2D eigenvalue weighted by molar-refractivity contribution is -0.125. The Morgan fingerprint density at radius 2 is 1.74 bits per heavy atom. The Bertz CT molecular complexity index is 1810. The summed E-state index contributed by atoms with van der Waals surface area (Å²) in [6.45, 7) is 6.03. The number of amides is 3. The molecule has 14 heteroatoms.